The number of rotatable bonds is 3. The van der Waals surface area contributed by atoms with Crippen LogP contribution in [-0.2, 0) is 22.4 Å². The molecule has 0 saturated heterocycles. The third-order valence-corrected chi connectivity index (χ3v) is 4.52. The summed E-state index contributed by atoms with van der Waals surface area (Å²) in [6, 6.07) is 7.27. The maximum atomic E-state index is 10.8. The monoisotopic (exact) mass is 309 g/mol. The Bertz CT molecular complexity index is 728. The number of hydrogen-bond acceptors (Lipinski definition) is 5. The molecule has 0 unspecified atom stereocenters. The Hall–Kier alpha value is -1.47. The zero-order valence-corrected chi connectivity index (χ0v) is 10.6. The van der Waals surface area contributed by atoms with Crippen LogP contribution in [0.5, 0.6) is 5.75 Å². The number of phenolic OH excluding ortho intramolecular Hbond substituents is 1. The van der Waals surface area contributed by atoms with Crippen molar-refractivity contribution in [2.45, 2.75) is 0 Å². The van der Waals surface area contributed by atoms with Crippen LogP contribution < -0.4 is 4.46 Å². The summed E-state index contributed by atoms with van der Waals surface area (Å²) in [4.78, 5) is 10.6. The van der Waals surface area contributed by atoms with Gasteiger partial charge >= 0.3 is 108 Å². The third-order valence-electron chi connectivity index (χ3n) is 2.19. The molecule has 2 rings (SSSR count). The number of phenols is 1. The molecule has 0 fully saturated rings. The van der Waals surface area contributed by atoms with Crippen LogP contribution >= 0.6 is 0 Å². The molecule has 0 heterocycles. The summed E-state index contributed by atoms with van der Waals surface area (Å²) < 4.78 is 30.7. The number of aromatic hydroxyl groups is 1. The number of nitroso groups, excluding NO2 is 1. The molecule has 8 heteroatoms. The molecule has 18 heavy (non-hydrogen) atoms. The first kappa shape index (κ1) is 13.0. The van der Waals surface area contributed by atoms with Crippen LogP contribution in [0.3, 0.4) is 0 Å². The molecule has 0 atom stereocenters. The van der Waals surface area contributed by atoms with Crippen molar-refractivity contribution in [3.05, 3.63) is 35.2 Å². The Morgan fingerprint density at radius 1 is 1.17 bits per heavy atom. The van der Waals surface area contributed by atoms with Gasteiger partial charge in [0.2, 0.25) is 0 Å². The second-order valence-corrected chi connectivity index (χ2v) is 7.31. The van der Waals surface area contributed by atoms with Crippen LogP contribution in [0.15, 0.2) is 35.5 Å². The van der Waals surface area contributed by atoms with E-state index in [4.69, 9.17) is 4.55 Å². The van der Waals surface area contributed by atoms with Crippen LogP contribution in [0.2, 0.25) is 0 Å². The van der Waals surface area contributed by atoms with Crippen LogP contribution in [0.25, 0.3) is 10.8 Å². The molecular formula is C10H7FeNO5S. The van der Waals surface area contributed by atoms with E-state index in [0.717, 1.165) is 0 Å². The molecule has 0 saturated carbocycles. The van der Waals surface area contributed by atoms with Gasteiger partial charge in [-0.3, -0.25) is 0 Å². The Labute approximate surface area is 108 Å². The van der Waals surface area contributed by atoms with Crippen molar-refractivity contribution < 1.29 is 31.9 Å². The summed E-state index contributed by atoms with van der Waals surface area (Å²) in [5, 5.41) is 13.1. The standard InChI is InChI=1S/C10H6NO2.Fe.HO3S/c12-9-6-5-7-3-1-2-4-8(7)10(9)11-13;;1-4(2)3/h2-6,12H;;(H,1,2,3). The van der Waals surface area contributed by atoms with Crippen molar-refractivity contribution >= 4 is 29.5 Å². The molecule has 2 N–H and O–H groups in total. The van der Waals surface area contributed by atoms with Crippen molar-refractivity contribution in [2.75, 3.05) is 0 Å². The SMILES string of the molecule is O=Nc1c(O)ccc2c[c]([Fe][S](=O)(=O)O)ccc12. The van der Waals surface area contributed by atoms with Crippen LogP contribution in [0.4, 0.5) is 5.69 Å². The van der Waals surface area contributed by atoms with Crippen LogP contribution in [-0.4, -0.2) is 18.1 Å². The van der Waals surface area contributed by atoms with Gasteiger partial charge in [-0.15, -0.1) is 0 Å². The van der Waals surface area contributed by atoms with E-state index in [1.807, 2.05) is 0 Å². The van der Waals surface area contributed by atoms with E-state index in [9.17, 15) is 18.4 Å². The van der Waals surface area contributed by atoms with Gasteiger partial charge in [0.15, 0.2) is 0 Å². The van der Waals surface area contributed by atoms with Gasteiger partial charge in [-0.2, -0.15) is 0 Å². The summed E-state index contributed by atoms with van der Waals surface area (Å²) in [5.74, 6) is -0.236. The molecule has 0 aliphatic heterocycles. The minimum atomic E-state index is -4.10. The van der Waals surface area contributed by atoms with Gasteiger partial charge in [0, 0.05) is 0 Å². The molecule has 2 aromatic carbocycles. The Morgan fingerprint density at radius 3 is 2.50 bits per heavy atom. The topological polar surface area (TPSA) is 104 Å². The Morgan fingerprint density at radius 2 is 1.89 bits per heavy atom. The van der Waals surface area contributed by atoms with Gasteiger partial charge in [0.25, 0.3) is 0 Å². The minimum absolute atomic E-state index is 0.0918. The Kier molecular flexibility index (Phi) is 3.36. The van der Waals surface area contributed by atoms with Crippen molar-refractivity contribution in [2.24, 2.45) is 5.18 Å². The van der Waals surface area contributed by atoms with Crippen molar-refractivity contribution in [1.82, 2.24) is 0 Å². The average molecular weight is 309 g/mol. The summed E-state index contributed by atoms with van der Waals surface area (Å²) in [5.41, 5.74) is -0.0918. The summed E-state index contributed by atoms with van der Waals surface area (Å²) in [6.07, 6.45) is 0. The van der Waals surface area contributed by atoms with Crippen molar-refractivity contribution in [3.8, 4) is 5.75 Å². The van der Waals surface area contributed by atoms with E-state index in [1.165, 1.54) is 30.3 Å². The molecule has 6 nitrogen and oxygen atoms in total. The van der Waals surface area contributed by atoms with Gasteiger partial charge in [-0.05, 0) is 0 Å². The predicted octanol–water partition coefficient (Wildman–Crippen LogP) is 1.45. The van der Waals surface area contributed by atoms with Gasteiger partial charge in [0.05, 0.1) is 0 Å². The molecular weight excluding hydrogens is 302 g/mol. The van der Waals surface area contributed by atoms with Gasteiger partial charge in [-0.1, -0.05) is 0 Å². The fraction of sp³-hybridized carbons (Fsp3) is 0. The Balaban J connectivity index is 2.61. The van der Waals surface area contributed by atoms with Gasteiger partial charge in [-0.25, -0.2) is 0 Å². The molecule has 96 valence electrons. The van der Waals surface area contributed by atoms with Gasteiger partial charge in [0.1, 0.15) is 0 Å². The van der Waals surface area contributed by atoms with E-state index in [2.05, 4.69) is 5.18 Å². The molecule has 0 spiro atoms. The van der Waals surface area contributed by atoms with Crippen LogP contribution in [0, 0.1) is 4.91 Å². The van der Waals surface area contributed by atoms with E-state index in [-0.39, 0.29) is 11.4 Å². The van der Waals surface area contributed by atoms with Gasteiger partial charge < -0.3 is 0 Å². The number of hydrogen-bond donors (Lipinski definition) is 2. The fourth-order valence-electron chi connectivity index (χ4n) is 1.51. The second kappa shape index (κ2) is 4.66. The summed E-state index contributed by atoms with van der Waals surface area (Å²) in [6.45, 7) is 0. The van der Waals surface area contributed by atoms with Crippen molar-refractivity contribution in [1.29, 1.82) is 0 Å². The molecule has 0 amide bonds. The molecule has 0 radical (unpaired) electrons. The number of fused-ring (bicyclic) bond motifs is 1. The second-order valence-electron chi connectivity index (χ2n) is 3.35. The zero-order valence-electron chi connectivity index (χ0n) is 8.71. The van der Waals surface area contributed by atoms with Crippen LogP contribution in [0.1, 0.15) is 0 Å². The summed E-state index contributed by atoms with van der Waals surface area (Å²) in [7, 11) is -4.10. The normalized spacial score (nSPS) is 11.8. The average Bonchev–Trinajstić information content (AvgIpc) is 2.27. The predicted molar refractivity (Wildman–Crippen MR) is 62.3 cm³/mol. The quantitative estimate of drug-likeness (QED) is 0.507. The first-order valence-electron chi connectivity index (χ1n) is 4.62. The zero-order chi connectivity index (χ0) is 13.3. The fourth-order valence-corrected chi connectivity index (χ4v) is 3.48. The van der Waals surface area contributed by atoms with Crippen molar-refractivity contribution in [3.63, 3.8) is 0 Å². The summed E-state index contributed by atoms with van der Waals surface area (Å²) >= 11 is -0.506. The molecule has 2 aromatic rings. The third kappa shape index (κ3) is 2.68. The number of benzene rings is 2. The molecule has 0 aromatic heterocycles. The van der Waals surface area contributed by atoms with E-state index < -0.39 is 22.4 Å². The molecule has 0 aliphatic carbocycles. The molecule has 0 aliphatic rings. The number of nitrogens with zero attached hydrogens (tertiary/aromatic N) is 1. The first-order valence-corrected chi connectivity index (χ1v) is 7.84. The van der Waals surface area contributed by atoms with E-state index in [0.29, 0.717) is 15.2 Å². The maximum absolute atomic E-state index is 10.8. The first-order chi connectivity index (χ1) is 8.40. The molecule has 0 bridgehead atoms. The van der Waals surface area contributed by atoms with E-state index >= 15 is 0 Å². The van der Waals surface area contributed by atoms with E-state index in [1.54, 1.807) is 0 Å².